The van der Waals surface area contributed by atoms with Crippen LogP contribution in [0.2, 0.25) is 0 Å². The van der Waals surface area contributed by atoms with Gasteiger partial charge in [0.2, 0.25) is 0 Å². The quantitative estimate of drug-likeness (QED) is 0.201. The Hall–Kier alpha value is -2.08. The molecule has 1 aromatic heterocycles. The van der Waals surface area contributed by atoms with Crippen molar-refractivity contribution in [3.8, 4) is 11.5 Å². The highest BCUT2D eigenvalue weighted by Crippen LogP contribution is 2.29. The summed E-state index contributed by atoms with van der Waals surface area (Å²) in [6, 6.07) is 8.54. The number of guanidine groups is 1. The number of alkyl halides is 2. The van der Waals surface area contributed by atoms with Gasteiger partial charge in [-0.2, -0.15) is 8.78 Å². The molecule has 0 atom stereocenters. The Bertz CT molecular complexity index is 730. The molecule has 0 aliphatic heterocycles. The summed E-state index contributed by atoms with van der Waals surface area (Å²) in [6.07, 6.45) is 2.40. The zero-order valence-electron chi connectivity index (χ0n) is 16.3. The molecule has 0 spiro atoms. The SMILES string of the molecule is CN=C(NCCCOCc1ccco1)NCc1ccc(OC)c(OC(F)F)c1.I. The molecule has 0 aliphatic rings. The van der Waals surface area contributed by atoms with E-state index in [0.29, 0.717) is 32.3 Å². The van der Waals surface area contributed by atoms with Crippen molar-refractivity contribution in [1.29, 1.82) is 0 Å². The van der Waals surface area contributed by atoms with E-state index in [0.717, 1.165) is 17.7 Å². The van der Waals surface area contributed by atoms with Crippen LogP contribution in [0.4, 0.5) is 8.78 Å². The van der Waals surface area contributed by atoms with Crippen molar-refractivity contribution < 1.29 is 27.4 Å². The van der Waals surface area contributed by atoms with Gasteiger partial charge in [-0.1, -0.05) is 6.07 Å². The van der Waals surface area contributed by atoms with E-state index in [1.54, 1.807) is 25.4 Å². The van der Waals surface area contributed by atoms with E-state index < -0.39 is 6.61 Å². The van der Waals surface area contributed by atoms with Crippen molar-refractivity contribution in [3.05, 3.63) is 47.9 Å². The Morgan fingerprint density at radius 2 is 2.03 bits per heavy atom. The molecule has 10 heteroatoms. The van der Waals surface area contributed by atoms with Crippen molar-refractivity contribution in [2.45, 2.75) is 26.2 Å². The summed E-state index contributed by atoms with van der Waals surface area (Å²) >= 11 is 0. The number of hydrogen-bond donors (Lipinski definition) is 2. The lowest BCUT2D eigenvalue weighted by Crippen LogP contribution is -2.37. The molecule has 2 N–H and O–H groups in total. The first-order chi connectivity index (χ1) is 13.6. The maximum atomic E-state index is 12.5. The fourth-order valence-corrected chi connectivity index (χ4v) is 2.37. The van der Waals surface area contributed by atoms with E-state index in [9.17, 15) is 8.78 Å². The maximum absolute atomic E-state index is 12.5. The standard InChI is InChI=1S/C19H25F2N3O4.HI/c1-22-19(23-8-4-9-26-13-15-5-3-10-27-15)24-12-14-6-7-16(25-2)17(11-14)28-18(20)21;/h3,5-7,10-11,18H,4,8-9,12-13H2,1-2H3,(H2,22,23,24);1H. The lowest BCUT2D eigenvalue weighted by molar-refractivity contribution is -0.0512. The molecule has 1 aromatic carbocycles. The van der Waals surface area contributed by atoms with Crippen LogP contribution < -0.4 is 20.1 Å². The summed E-state index contributed by atoms with van der Waals surface area (Å²) in [6.45, 7) is -0.835. The van der Waals surface area contributed by atoms with Crippen LogP contribution in [0, 0.1) is 0 Å². The third kappa shape index (κ3) is 9.31. The van der Waals surface area contributed by atoms with E-state index in [1.807, 2.05) is 12.1 Å². The molecule has 7 nitrogen and oxygen atoms in total. The topological polar surface area (TPSA) is 77.3 Å². The second-order valence-electron chi connectivity index (χ2n) is 5.70. The van der Waals surface area contributed by atoms with Crippen LogP contribution in [0.5, 0.6) is 11.5 Å². The van der Waals surface area contributed by atoms with Crippen LogP contribution >= 0.6 is 24.0 Å². The number of ether oxygens (including phenoxy) is 3. The van der Waals surface area contributed by atoms with Gasteiger partial charge in [0, 0.05) is 26.7 Å². The molecule has 0 bridgehead atoms. The number of methoxy groups -OCH3 is 1. The summed E-state index contributed by atoms with van der Waals surface area (Å²) in [5.74, 6) is 1.63. The van der Waals surface area contributed by atoms with Crippen LogP contribution in [-0.4, -0.2) is 39.9 Å². The van der Waals surface area contributed by atoms with Crippen LogP contribution in [0.15, 0.2) is 46.0 Å². The van der Waals surface area contributed by atoms with Crippen molar-refractivity contribution >= 4 is 29.9 Å². The first kappa shape index (κ1) is 25.0. The van der Waals surface area contributed by atoms with Crippen LogP contribution in [-0.2, 0) is 17.9 Å². The number of furan rings is 1. The number of halogens is 3. The molecule has 0 saturated carbocycles. The number of benzene rings is 1. The largest absolute Gasteiger partial charge is 0.493 e. The van der Waals surface area contributed by atoms with Gasteiger partial charge in [0.1, 0.15) is 12.4 Å². The van der Waals surface area contributed by atoms with Crippen molar-refractivity contribution in [2.75, 3.05) is 27.3 Å². The van der Waals surface area contributed by atoms with E-state index in [2.05, 4.69) is 20.4 Å². The van der Waals surface area contributed by atoms with E-state index in [1.165, 1.54) is 13.2 Å². The van der Waals surface area contributed by atoms with Crippen LogP contribution in [0.1, 0.15) is 17.7 Å². The average molecular weight is 525 g/mol. The molecule has 0 fully saturated rings. The fraction of sp³-hybridized carbons (Fsp3) is 0.421. The predicted octanol–water partition coefficient (Wildman–Crippen LogP) is 3.78. The second kappa shape index (κ2) is 14.0. The van der Waals surface area contributed by atoms with E-state index in [4.69, 9.17) is 13.9 Å². The van der Waals surface area contributed by atoms with Gasteiger partial charge in [0.15, 0.2) is 17.5 Å². The Morgan fingerprint density at radius 3 is 2.69 bits per heavy atom. The van der Waals surface area contributed by atoms with Crippen LogP contribution in [0.25, 0.3) is 0 Å². The molecular formula is C19H26F2IN3O4. The molecule has 0 aliphatic carbocycles. The van der Waals surface area contributed by atoms with Gasteiger partial charge in [0.05, 0.1) is 13.4 Å². The van der Waals surface area contributed by atoms with E-state index >= 15 is 0 Å². The Kier molecular flexibility index (Phi) is 12.0. The van der Waals surface area contributed by atoms with Crippen molar-refractivity contribution in [3.63, 3.8) is 0 Å². The van der Waals surface area contributed by atoms with Gasteiger partial charge < -0.3 is 29.3 Å². The minimum Gasteiger partial charge on any atom is -0.493 e. The Balaban J connectivity index is 0.00000420. The molecule has 162 valence electrons. The third-order valence-electron chi connectivity index (χ3n) is 3.71. The van der Waals surface area contributed by atoms with Gasteiger partial charge in [-0.15, -0.1) is 24.0 Å². The minimum absolute atomic E-state index is 0. The summed E-state index contributed by atoms with van der Waals surface area (Å²) < 4.78 is 45.2. The molecule has 1 heterocycles. The lowest BCUT2D eigenvalue weighted by Gasteiger charge is -2.14. The van der Waals surface area contributed by atoms with Crippen molar-refractivity contribution in [1.82, 2.24) is 10.6 Å². The first-order valence-corrected chi connectivity index (χ1v) is 8.78. The third-order valence-corrected chi connectivity index (χ3v) is 3.71. The molecule has 2 aromatic rings. The molecular weight excluding hydrogens is 499 g/mol. The number of nitrogens with one attached hydrogen (secondary N) is 2. The normalized spacial score (nSPS) is 11.1. The highest BCUT2D eigenvalue weighted by atomic mass is 127. The van der Waals surface area contributed by atoms with Gasteiger partial charge >= 0.3 is 6.61 Å². The maximum Gasteiger partial charge on any atom is 0.387 e. The predicted molar refractivity (Wildman–Crippen MR) is 116 cm³/mol. The van der Waals surface area contributed by atoms with Gasteiger partial charge in [-0.25, -0.2) is 0 Å². The van der Waals surface area contributed by atoms with Crippen molar-refractivity contribution in [2.24, 2.45) is 4.99 Å². The fourth-order valence-electron chi connectivity index (χ4n) is 2.37. The average Bonchev–Trinajstić information content (AvgIpc) is 3.20. The highest BCUT2D eigenvalue weighted by Gasteiger charge is 2.11. The Labute approximate surface area is 185 Å². The Morgan fingerprint density at radius 1 is 1.21 bits per heavy atom. The molecule has 0 radical (unpaired) electrons. The smallest absolute Gasteiger partial charge is 0.387 e. The lowest BCUT2D eigenvalue weighted by atomic mass is 10.2. The number of rotatable bonds is 11. The molecule has 2 rings (SSSR count). The minimum atomic E-state index is -2.92. The number of hydrogen-bond acceptors (Lipinski definition) is 5. The van der Waals surface area contributed by atoms with Crippen LogP contribution in [0.3, 0.4) is 0 Å². The van der Waals surface area contributed by atoms with Gasteiger partial charge in [0.25, 0.3) is 0 Å². The van der Waals surface area contributed by atoms with Gasteiger partial charge in [-0.3, -0.25) is 4.99 Å². The number of nitrogens with zero attached hydrogens (tertiary/aromatic N) is 1. The summed E-state index contributed by atoms with van der Waals surface area (Å²) in [5.41, 5.74) is 0.751. The van der Waals surface area contributed by atoms with Gasteiger partial charge in [-0.05, 0) is 36.2 Å². The molecule has 0 saturated heterocycles. The zero-order valence-corrected chi connectivity index (χ0v) is 18.7. The summed E-state index contributed by atoms with van der Waals surface area (Å²) in [5, 5.41) is 6.28. The molecule has 29 heavy (non-hydrogen) atoms. The monoisotopic (exact) mass is 525 g/mol. The molecule has 0 amide bonds. The summed E-state index contributed by atoms with van der Waals surface area (Å²) in [4.78, 5) is 4.13. The number of aliphatic imine (C=N–C) groups is 1. The first-order valence-electron chi connectivity index (χ1n) is 8.78. The van der Waals surface area contributed by atoms with E-state index in [-0.39, 0.29) is 35.5 Å². The highest BCUT2D eigenvalue weighted by molar-refractivity contribution is 14.0. The summed E-state index contributed by atoms with van der Waals surface area (Å²) in [7, 11) is 3.05. The zero-order chi connectivity index (χ0) is 20.2. The molecule has 0 unspecified atom stereocenters. The second-order valence-corrected chi connectivity index (χ2v) is 5.70.